The Morgan fingerprint density at radius 2 is 2.07 bits per heavy atom. The van der Waals surface area contributed by atoms with Gasteiger partial charge in [-0.05, 0) is 18.2 Å². The summed E-state index contributed by atoms with van der Waals surface area (Å²) >= 11 is 0. The molecule has 15 heavy (non-hydrogen) atoms. The van der Waals surface area contributed by atoms with Crippen LogP contribution in [0, 0.1) is 11.5 Å². The molecule has 0 spiro atoms. The van der Waals surface area contributed by atoms with Crippen molar-refractivity contribution in [1.82, 2.24) is 10.2 Å². The molecule has 1 N–H and O–H groups in total. The van der Waals surface area contributed by atoms with Crippen LogP contribution in [0.1, 0.15) is 5.56 Å². The zero-order valence-electron chi connectivity index (χ0n) is 9.26. The van der Waals surface area contributed by atoms with E-state index in [1.54, 1.807) is 0 Å². The van der Waals surface area contributed by atoms with Gasteiger partial charge in [-0.15, -0.1) is 5.54 Å². The highest BCUT2D eigenvalue weighted by molar-refractivity contribution is 6.83. The molecule has 1 aromatic heterocycles. The van der Waals surface area contributed by atoms with Crippen LogP contribution in [-0.4, -0.2) is 18.3 Å². The van der Waals surface area contributed by atoms with Crippen LogP contribution in [0.4, 0.5) is 0 Å². The lowest BCUT2D eigenvalue weighted by molar-refractivity contribution is 1.12. The summed E-state index contributed by atoms with van der Waals surface area (Å²) < 4.78 is 0. The van der Waals surface area contributed by atoms with E-state index in [4.69, 9.17) is 0 Å². The average Bonchev–Trinajstić information content (AvgIpc) is 2.60. The third-order valence-electron chi connectivity index (χ3n) is 2.02. The second-order valence-corrected chi connectivity index (χ2v) is 9.42. The van der Waals surface area contributed by atoms with Crippen molar-refractivity contribution in [2.75, 3.05) is 0 Å². The van der Waals surface area contributed by atoms with Crippen molar-refractivity contribution in [3.63, 3.8) is 0 Å². The van der Waals surface area contributed by atoms with Crippen molar-refractivity contribution < 1.29 is 0 Å². The van der Waals surface area contributed by atoms with Gasteiger partial charge in [0.1, 0.15) is 8.07 Å². The topological polar surface area (TPSA) is 28.7 Å². The van der Waals surface area contributed by atoms with Gasteiger partial charge in [0, 0.05) is 10.9 Å². The van der Waals surface area contributed by atoms with Gasteiger partial charge in [0.25, 0.3) is 0 Å². The minimum absolute atomic E-state index is 1.06. The third-order valence-corrected chi connectivity index (χ3v) is 2.90. The molecule has 0 radical (unpaired) electrons. The number of aromatic amines is 1. The van der Waals surface area contributed by atoms with E-state index in [2.05, 4.69) is 47.4 Å². The summed E-state index contributed by atoms with van der Waals surface area (Å²) in [5.74, 6) is 3.24. The maximum atomic E-state index is 3.99. The first-order chi connectivity index (χ1) is 7.04. The van der Waals surface area contributed by atoms with E-state index in [9.17, 15) is 0 Å². The molecule has 0 aliphatic heterocycles. The number of H-pyrrole nitrogens is 1. The van der Waals surface area contributed by atoms with Gasteiger partial charge in [-0.25, -0.2) is 0 Å². The summed E-state index contributed by atoms with van der Waals surface area (Å²) in [6.07, 6.45) is 1.83. The predicted octanol–water partition coefficient (Wildman–Crippen LogP) is 2.79. The fraction of sp³-hybridized carbons (Fsp3) is 0.250. The Labute approximate surface area is 90.7 Å². The number of benzene rings is 1. The molecule has 0 saturated carbocycles. The van der Waals surface area contributed by atoms with E-state index >= 15 is 0 Å². The monoisotopic (exact) mass is 214 g/mol. The predicted molar refractivity (Wildman–Crippen MR) is 66.3 cm³/mol. The van der Waals surface area contributed by atoms with E-state index < -0.39 is 8.07 Å². The fourth-order valence-corrected chi connectivity index (χ4v) is 1.80. The van der Waals surface area contributed by atoms with E-state index in [0.29, 0.717) is 0 Å². The second-order valence-electron chi connectivity index (χ2n) is 4.67. The van der Waals surface area contributed by atoms with Crippen LogP contribution in [0.15, 0.2) is 24.4 Å². The molecule has 2 rings (SSSR count). The first-order valence-electron chi connectivity index (χ1n) is 5.01. The molecule has 1 aromatic carbocycles. The van der Waals surface area contributed by atoms with E-state index in [0.717, 1.165) is 16.5 Å². The largest absolute Gasteiger partial charge is 0.278 e. The molecular weight excluding hydrogens is 200 g/mol. The average molecular weight is 214 g/mol. The van der Waals surface area contributed by atoms with Crippen LogP contribution in [0.3, 0.4) is 0 Å². The van der Waals surface area contributed by atoms with Crippen molar-refractivity contribution in [3.8, 4) is 11.5 Å². The molecular formula is C12H14N2Si. The van der Waals surface area contributed by atoms with Crippen molar-refractivity contribution in [2.45, 2.75) is 19.6 Å². The van der Waals surface area contributed by atoms with Crippen molar-refractivity contribution >= 4 is 19.0 Å². The Morgan fingerprint density at radius 1 is 1.27 bits per heavy atom. The Kier molecular flexibility index (Phi) is 2.37. The van der Waals surface area contributed by atoms with Gasteiger partial charge in [0.05, 0.1) is 11.7 Å². The minimum Gasteiger partial charge on any atom is -0.278 e. The van der Waals surface area contributed by atoms with Crippen LogP contribution in [0.25, 0.3) is 10.9 Å². The second kappa shape index (κ2) is 3.56. The van der Waals surface area contributed by atoms with Gasteiger partial charge >= 0.3 is 0 Å². The molecule has 0 fully saturated rings. The Hall–Kier alpha value is -1.53. The zero-order chi connectivity index (χ0) is 10.9. The summed E-state index contributed by atoms with van der Waals surface area (Å²) in [6.45, 7) is 6.74. The zero-order valence-corrected chi connectivity index (χ0v) is 10.3. The normalized spacial score (nSPS) is 11.1. The highest BCUT2D eigenvalue weighted by Gasteiger charge is 2.07. The number of nitrogens with one attached hydrogen (secondary N) is 1. The van der Waals surface area contributed by atoms with Gasteiger partial charge in [0.2, 0.25) is 0 Å². The molecule has 2 aromatic rings. The standard InChI is InChI=1S/C12H14N2Si/c1-15(2,3)7-6-10-4-5-12-11(8-10)9-13-14-12/h4-5,8-9H,1-3H3,(H,13,14). The smallest absolute Gasteiger partial charge is 0.129 e. The van der Waals surface area contributed by atoms with Gasteiger partial charge in [-0.2, -0.15) is 5.10 Å². The van der Waals surface area contributed by atoms with Crippen LogP contribution in [0.5, 0.6) is 0 Å². The van der Waals surface area contributed by atoms with Crippen LogP contribution in [-0.2, 0) is 0 Å². The number of fused-ring (bicyclic) bond motifs is 1. The van der Waals surface area contributed by atoms with E-state index in [-0.39, 0.29) is 0 Å². The molecule has 3 heteroatoms. The Bertz CT molecular complexity index is 538. The summed E-state index contributed by atoms with van der Waals surface area (Å²) in [4.78, 5) is 0. The van der Waals surface area contributed by atoms with Crippen LogP contribution in [0.2, 0.25) is 19.6 Å². The maximum Gasteiger partial charge on any atom is 0.129 e. The lowest BCUT2D eigenvalue weighted by atomic mass is 10.2. The first kappa shape index (κ1) is 10.0. The van der Waals surface area contributed by atoms with Gasteiger partial charge < -0.3 is 0 Å². The summed E-state index contributed by atoms with van der Waals surface area (Å²) in [5, 5.41) is 8.04. The molecule has 2 nitrogen and oxygen atoms in total. The molecule has 0 aliphatic rings. The Balaban J connectivity index is 2.39. The van der Waals surface area contributed by atoms with Crippen molar-refractivity contribution in [2.24, 2.45) is 0 Å². The number of hydrogen-bond acceptors (Lipinski definition) is 1. The quantitative estimate of drug-likeness (QED) is 0.530. The fourth-order valence-electron chi connectivity index (χ4n) is 1.28. The number of nitrogens with zero attached hydrogens (tertiary/aromatic N) is 1. The molecule has 0 saturated heterocycles. The maximum absolute atomic E-state index is 3.99. The first-order valence-corrected chi connectivity index (χ1v) is 8.51. The van der Waals surface area contributed by atoms with Gasteiger partial charge in [-0.1, -0.05) is 25.6 Å². The van der Waals surface area contributed by atoms with E-state index in [1.807, 2.05) is 18.3 Å². The number of hydrogen-bond donors (Lipinski definition) is 1. The van der Waals surface area contributed by atoms with Gasteiger partial charge in [-0.3, -0.25) is 5.10 Å². The SMILES string of the molecule is C[Si](C)(C)C#Cc1ccc2[nH]ncc2c1. The minimum atomic E-state index is -1.28. The number of aromatic nitrogens is 2. The highest BCUT2D eigenvalue weighted by Crippen LogP contribution is 2.12. The highest BCUT2D eigenvalue weighted by atomic mass is 28.3. The summed E-state index contributed by atoms with van der Waals surface area (Å²) in [5.41, 5.74) is 5.49. The molecule has 1 heterocycles. The Morgan fingerprint density at radius 3 is 2.80 bits per heavy atom. The van der Waals surface area contributed by atoms with Gasteiger partial charge in [0.15, 0.2) is 0 Å². The van der Waals surface area contributed by atoms with Crippen LogP contribution >= 0.6 is 0 Å². The summed E-state index contributed by atoms with van der Waals surface area (Å²) in [6, 6.07) is 6.14. The molecule has 0 bridgehead atoms. The molecule has 0 unspecified atom stereocenters. The molecule has 0 amide bonds. The summed E-state index contributed by atoms with van der Waals surface area (Å²) in [7, 11) is -1.28. The van der Waals surface area contributed by atoms with E-state index in [1.165, 1.54) is 0 Å². The molecule has 0 aliphatic carbocycles. The van der Waals surface area contributed by atoms with Crippen molar-refractivity contribution in [3.05, 3.63) is 30.0 Å². The number of rotatable bonds is 0. The molecule has 0 atom stereocenters. The third kappa shape index (κ3) is 2.48. The lowest BCUT2D eigenvalue weighted by Gasteiger charge is -2.03. The lowest BCUT2D eigenvalue weighted by Crippen LogP contribution is -2.16. The van der Waals surface area contributed by atoms with Crippen molar-refractivity contribution in [1.29, 1.82) is 0 Å². The molecule has 76 valence electrons. The van der Waals surface area contributed by atoms with Crippen LogP contribution < -0.4 is 0 Å².